The van der Waals surface area contributed by atoms with Gasteiger partial charge in [0.1, 0.15) is 0 Å². The van der Waals surface area contributed by atoms with Crippen LogP contribution in [-0.2, 0) is 4.51 Å². The molecule has 0 aliphatic carbocycles. The predicted molar refractivity (Wildman–Crippen MR) is 153 cm³/mol. The molecule has 0 aliphatic heterocycles. The van der Waals surface area contributed by atoms with Crippen molar-refractivity contribution in [3.63, 3.8) is 0 Å². The zero-order chi connectivity index (χ0) is 22.0. The summed E-state index contributed by atoms with van der Waals surface area (Å²) < 4.78 is -0.152. The van der Waals surface area contributed by atoms with Gasteiger partial charge in [-0.2, -0.15) is 0 Å². The molecule has 0 saturated heterocycles. The van der Waals surface area contributed by atoms with Gasteiger partial charge in [-0.3, -0.25) is 0 Å². The van der Waals surface area contributed by atoms with E-state index < -0.39 is 13.3 Å². The van der Waals surface area contributed by atoms with E-state index in [9.17, 15) is 0 Å². The molecule has 0 spiro atoms. The Kier molecular flexibility index (Phi) is 6.99. The van der Waals surface area contributed by atoms with Gasteiger partial charge in [0.05, 0.1) is 0 Å². The molecule has 4 rings (SSSR count). The molecular formula is C28H26GeI2. The van der Waals surface area contributed by atoms with Gasteiger partial charge in [-0.1, -0.05) is 0 Å². The van der Waals surface area contributed by atoms with E-state index in [1.165, 1.54) is 22.3 Å². The summed E-state index contributed by atoms with van der Waals surface area (Å²) in [4.78, 5) is 0. The molecule has 4 aromatic rings. The fourth-order valence-electron chi connectivity index (χ4n) is 4.69. The Labute approximate surface area is 216 Å². The van der Waals surface area contributed by atoms with Gasteiger partial charge < -0.3 is 0 Å². The van der Waals surface area contributed by atoms with Crippen molar-refractivity contribution in [1.82, 2.24) is 0 Å². The molecule has 0 amide bonds. The van der Waals surface area contributed by atoms with E-state index in [0.29, 0.717) is 0 Å². The maximum absolute atomic E-state index is 2.90. The van der Waals surface area contributed by atoms with E-state index in [2.05, 4.69) is 178 Å². The normalized spacial score (nSPS) is 12.5. The molecule has 0 nitrogen and oxygen atoms in total. The van der Waals surface area contributed by atoms with Crippen LogP contribution in [0.3, 0.4) is 0 Å². The second kappa shape index (κ2) is 9.40. The Morgan fingerprint density at radius 3 is 0.806 bits per heavy atom. The molecule has 0 saturated carbocycles. The number of benzene rings is 4. The van der Waals surface area contributed by atoms with Crippen molar-refractivity contribution in [3.8, 4) is 0 Å². The molecule has 0 heterocycles. The summed E-state index contributed by atoms with van der Waals surface area (Å²) in [5.74, 6) is 5.22. The molecule has 0 radical (unpaired) electrons. The van der Waals surface area contributed by atoms with Crippen LogP contribution >= 0.6 is 45.2 Å². The third-order valence-corrected chi connectivity index (χ3v) is 32.6. The second-order valence-electron chi connectivity index (χ2n) is 8.41. The summed E-state index contributed by atoms with van der Waals surface area (Å²) in [6.07, 6.45) is 0. The maximum atomic E-state index is 2.81. The van der Waals surface area contributed by atoms with Gasteiger partial charge >= 0.3 is 218 Å². The molecule has 0 N–H and O–H groups in total. The molecule has 31 heavy (non-hydrogen) atoms. The van der Waals surface area contributed by atoms with Gasteiger partial charge in [-0.15, -0.1) is 0 Å². The van der Waals surface area contributed by atoms with Gasteiger partial charge in [0.2, 0.25) is 0 Å². The van der Waals surface area contributed by atoms with Crippen LogP contribution in [0.4, 0.5) is 0 Å². The molecule has 156 valence electrons. The van der Waals surface area contributed by atoms with Crippen LogP contribution in [0, 0.1) is 0 Å². The monoisotopic (exact) mass is 690 g/mol. The molecule has 0 fully saturated rings. The topological polar surface area (TPSA) is 0 Å². The van der Waals surface area contributed by atoms with Gasteiger partial charge in [-0.05, 0) is 0 Å². The zero-order valence-corrected chi connectivity index (χ0v) is 24.2. The van der Waals surface area contributed by atoms with E-state index in [0.717, 1.165) is 0 Å². The van der Waals surface area contributed by atoms with Crippen LogP contribution in [-0.4, -0.2) is 13.3 Å². The molecule has 0 atom stereocenters. The van der Waals surface area contributed by atoms with Crippen molar-refractivity contribution < 1.29 is 0 Å². The van der Waals surface area contributed by atoms with Crippen molar-refractivity contribution in [1.29, 1.82) is 0 Å². The molecule has 0 aromatic heterocycles. The first-order valence-corrected chi connectivity index (χ1v) is 19.0. The first kappa shape index (κ1) is 23.1. The number of halogens is 2. The first-order valence-electron chi connectivity index (χ1n) is 10.5. The van der Waals surface area contributed by atoms with Crippen LogP contribution in [0.5, 0.6) is 0 Å². The van der Waals surface area contributed by atoms with Crippen LogP contribution in [0.15, 0.2) is 121 Å². The summed E-state index contributed by atoms with van der Waals surface area (Å²) in [7, 11) is 0. The zero-order valence-electron chi connectivity index (χ0n) is 17.8. The van der Waals surface area contributed by atoms with Gasteiger partial charge in [0, 0.05) is 0 Å². The van der Waals surface area contributed by atoms with Crippen molar-refractivity contribution in [2.24, 2.45) is 0 Å². The summed E-state index contributed by atoms with van der Waals surface area (Å²) >= 11 is 2.71. The fourth-order valence-corrected chi connectivity index (χ4v) is 21.5. The molecule has 4 aromatic carbocycles. The van der Waals surface area contributed by atoms with E-state index in [-0.39, 0.29) is 4.51 Å². The molecule has 0 bridgehead atoms. The van der Waals surface area contributed by atoms with Crippen molar-refractivity contribution in [3.05, 3.63) is 144 Å². The van der Waals surface area contributed by atoms with Gasteiger partial charge in [0.25, 0.3) is 0 Å². The Bertz CT molecular complexity index is 941. The Hall–Kier alpha value is -1.12. The minimum absolute atomic E-state index is 0.0762. The van der Waals surface area contributed by atoms with Gasteiger partial charge in [0.15, 0.2) is 0 Å². The standard InChI is InChI=1S/C28H26GeI2/c1-29(2,27(30,23-15-7-3-8-16-23)24-17-9-4-10-18-24)28(31,25-19-11-5-12-20-25)26-21-13-6-14-22-26/h3-22H,1-2H3. The average Bonchev–Trinajstić information content (AvgIpc) is 2.85. The van der Waals surface area contributed by atoms with E-state index in [1.54, 1.807) is 0 Å². The van der Waals surface area contributed by atoms with Crippen LogP contribution in [0.1, 0.15) is 22.3 Å². The number of hydrogen-bond donors (Lipinski definition) is 0. The number of alkyl halides is 2. The first-order chi connectivity index (χ1) is 14.9. The quantitative estimate of drug-likeness (QED) is 0.108. The fraction of sp³-hybridized carbons (Fsp3) is 0.143. The Balaban J connectivity index is 2.05. The van der Waals surface area contributed by atoms with Crippen molar-refractivity contribution in [2.45, 2.75) is 16.0 Å². The number of hydrogen-bond acceptors (Lipinski definition) is 0. The van der Waals surface area contributed by atoms with E-state index >= 15 is 0 Å². The third kappa shape index (κ3) is 3.93. The molecule has 0 aliphatic rings. The van der Waals surface area contributed by atoms with Crippen molar-refractivity contribution in [2.75, 3.05) is 0 Å². The van der Waals surface area contributed by atoms with Crippen LogP contribution in [0.25, 0.3) is 0 Å². The molecule has 3 heteroatoms. The van der Waals surface area contributed by atoms with Crippen molar-refractivity contribution >= 4 is 58.4 Å². The minimum atomic E-state index is -2.90. The summed E-state index contributed by atoms with van der Waals surface area (Å²) in [5, 5.41) is 0. The Morgan fingerprint density at radius 2 is 0.613 bits per heavy atom. The van der Waals surface area contributed by atoms with E-state index in [1.807, 2.05) is 0 Å². The van der Waals surface area contributed by atoms with Gasteiger partial charge in [-0.25, -0.2) is 0 Å². The summed E-state index contributed by atoms with van der Waals surface area (Å²) in [5.41, 5.74) is 5.61. The Morgan fingerprint density at radius 1 is 0.419 bits per heavy atom. The van der Waals surface area contributed by atoms with E-state index in [4.69, 9.17) is 0 Å². The SMILES string of the molecule is [CH3][Ge]([CH3])([C](I)(c1ccccc1)c1ccccc1)[C](I)(c1ccccc1)c1ccccc1. The second-order valence-corrected chi connectivity index (χ2v) is 25.9. The predicted octanol–water partition coefficient (Wildman–Crippen LogP) is 8.53. The van der Waals surface area contributed by atoms with Crippen LogP contribution < -0.4 is 0 Å². The van der Waals surface area contributed by atoms with Crippen LogP contribution in [0.2, 0.25) is 11.5 Å². The molecular weight excluding hydrogens is 663 g/mol. The molecule has 0 unspecified atom stereocenters. The summed E-state index contributed by atoms with van der Waals surface area (Å²) in [6.45, 7) is 0. The third-order valence-electron chi connectivity index (χ3n) is 6.41. The number of rotatable bonds is 6. The summed E-state index contributed by atoms with van der Waals surface area (Å²) in [6, 6.07) is 44.5. The average molecular weight is 689 g/mol.